The standard InChI is InChI=1S/C13H14N4O3/c14-9-12-3-1-2-8-16(12)13(18)15-10-4-6-11(7-5-10)17(19)20/h4-7,12H,1-3,8H2,(H,15,18). The van der Waals surface area contributed by atoms with Crippen molar-refractivity contribution >= 4 is 17.4 Å². The third kappa shape index (κ3) is 3.03. The zero-order chi connectivity index (χ0) is 14.5. The minimum Gasteiger partial charge on any atom is -0.309 e. The van der Waals surface area contributed by atoms with Crippen LogP contribution in [0.4, 0.5) is 16.2 Å². The van der Waals surface area contributed by atoms with Gasteiger partial charge in [0.15, 0.2) is 0 Å². The molecule has 1 aliphatic heterocycles. The molecular weight excluding hydrogens is 260 g/mol. The highest BCUT2D eigenvalue weighted by atomic mass is 16.6. The highest BCUT2D eigenvalue weighted by Crippen LogP contribution is 2.19. The van der Waals surface area contributed by atoms with E-state index < -0.39 is 11.0 Å². The minimum absolute atomic E-state index is 0.0316. The minimum atomic E-state index is -0.498. The third-order valence-electron chi connectivity index (χ3n) is 3.24. The van der Waals surface area contributed by atoms with Crippen LogP contribution in [0.2, 0.25) is 0 Å². The van der Waals surface area contributed by atoms with E-state index in [1.807, 2.05) is 0 Å². The van der Waals surface area contributed by atoms with Gasteiger partial charge in [-0.3, -0.25) is 10.1 Å². The molecule has 1 aromatic carbocycles. The topological polar surface area (TPSA) is 99.3 Å². The molecule has 7 heteroatoms. The van der Waals surface area contributed by atoms with Gasteiger partial charge in [0.25, 0.3) is 5.69 Å². The van der Waals surface area contributed by atoms with Crippen molar-refractivity contribution in [1.29, 1.82) is 5.26 Å². The van der Waals surface area contributed by atoms with Crippen molar-refractivity contribution < 1.29 is 9.72 Å². The van der Waals surface area contributed by atoms with E-state index in [9.17, 15) is 14.9 Å². The predicted octanol–water partition coefficient (Wildman–Crippen LogP) is 2.50. The summed E-state index contributed by atoms with van der Waals surface area (Å²) in [4.78, 5) is 23.6. The summed E-state index contributed by atoms with van der Waals surface area (Å²) in [5, 5.41) is 22.2. The molecule has 0 saturated carbocycles. The lowest BCUT2D eigenvalue weighted by molar-refractivity contribution is -0.384. The Morgan fingerprint density at radius 2 is 2.10 bits per heavy atom. The molecule has 104 valence electrons. The van der Waals surface area contributed by atoms with Gasteiger partial charge < -0.3 is 10.2 Å². The summed E-state index contributed by atoms with van der Waals surface area (Å²) < 4.78 is 0. The van der Waals surface area contributed by atoms with Crippen LogP contribution in [-0.4, -0.2) is 28.4 Å². The van der Waals surface area contributed by atoms with Crippen molar-refractivity contribution in [2.75, 3.05) is 11.9 Å². The van der Waals surface area contributed by atoms with Gasteiger partial charge in [0.05, 0.1) is 11.0 Å². The summed E-state index contributed by atoms with van der Waals surface area (Å²) in [5.74, 6) is 0. The normalized spacial score (nSPS) is 18.1. The summed E-state index contributed by atoms with van der Waals surface area (Å²) in [6, 6.07) is 6.98. The molecule has 20 heavy (non-hydrogen) atoms. The number of piperidine rings is 1. The van der Waals surface area contributed by atoms with Crippen molar-refractivity contribution in [2.24, 2.45) is 0 Å². The SMILES string of the molecule is N#CC1CCCCN1C(=O)Nc1ccc([N+](=O)[O-])cc1. The zero-order valence-corrected chi connectivity index (χ0v) is 10.8. The Morgan fingerprint density at radius 1 is 1.40 bits per heavy atom. The number of non-ortho nitro benzene ring substituents is 1. The van der Waals surface area contributed by atoms with Gasteiger partial charge in [0, 0.05) is 24.4 Å². The van der Waals surface area contributed by atoms with E-state index in [-0.39, 0.29) is 11.7 Å². The molecule has 1 heterocycles. The molecule has 1 N–H and O–H groups in total. The number of nitriles is 1. The first-order chi connectivity index (χ1) is 9.61. The summed E-state index contributed by atoms with van der Waals surface area (Å²) >= 11 is 0. The molecule has 7 nitrogen and oxygen atoms in total. The second kappa shape index (κ2) is 6.02. The Hall–Kier alpha value is -2.62. The molecule has 1 aliphatic rings. The van der Waals surface area contributed by atoms with Gasteiger partial charge in [-0.15, -0.1) is 0 Å². The molecule has 0 aromatic heterocycles. The fourth-order valence-corrected chi connectivity index (χ4v) is 2.17. The Labute approximate surface area is 115 Å². The average molecular weight is 274 g/mol. The highest BCUT2D eigenvalue weighted by Gasteiger charge is 2.26. The molecule has 2 rings (SSSR count). The number of amides is 2. The van der Waals surface area contributed by atoms with Crippen LogP contribution in [0.25, 0.3) is 0 Å². The number of nitrogens with one attached hydrogen (secondary N) is 1. The number of carbonyl (C=O) groups is 1. The molecule has 1 unspecified atom stereocenters. The van der Waals surface area contributed by atoms with E-state index in [0.29, 0.717) is 18.7 Å². The summed E-state index contributed by atoms with van der Waals surface area (Å²) in [5.41, 5.74) is 0.443. The van der Waals surface area contributed by atoms with Gasteiger partial charge in [0.2, 0.25) is 0 Å². The van der Waals surface area contributed by atoms with E-state index in [2.05, 4.69) is 11.4 Å². The smallest absolute Gasteiger partial charge is 0.309 e. The fourth-order valence-electron chi connectivity index (χ4n) is 2.17. The number of nitro groups is 1. The van der Waals surface area contributed by atoms with Gasteiger partial charge in [-0.25, -0.2) is 4.79 Å². The Balaban J connectivity index is 2.03. The Bertz CT molecular complexity index is 550. The monoisotopic (exact) mass is 274 g/mol. The number of hydrogen-bond acceptors (Lipinski definition) is 4. The maximum absolute atomic E-state index is 12.1. The number of likely N-dealkylation sites (tertiary alicyclic amines) is 1. The summed E-state index contributed by atoms with van der Waals surface area (Å²) in [6.45, 7) is 0.553. The van der Waals surface area contributed by atoms with E-state index in [4.69, 9.17) is 5.26 Å². The average Bonchev–Trinajstić information content (AvgIpc) is 2.47. The number of hydrogen-bond donors (Lipinski definition) is 1. The first-order valence-corrected chi connectivity index (χ1v) is 6.33. The van der Waals surface area contributed by atoms with Gasteiger partial charge >= 0.3 is 6.03 Å². The van der Waals surface area contributed by atoms with Gasteiger partial charge in [0.1, 0.15) is 6.04 Å². The molecular formula is C13H14N4O3. The van der Waals surface area contributed by atoms with Crippen LogP contribution in [0.15, 0.2) is 24.3 Å². The molecule has 1 aromatic rings. The second-order valence-electron chi connectivity index (χ2n) is 4.57. The number of rotatable bonds is 2. The fraction of sp³-hybridized carbons (Fsp3) is 0.385. The van der Waals surface area contributed by atoms with Crippen molar-refractivity contribution in [1.82, 2.24) is 4.90 Å². The number of nitrogens with zero attached hydrogens (tertiary/aromatic N) is 3. The van der Waals surface area contributed by atoms with Crippen LogP contribution >= 0.6 is 0 Å². The third-order valence-corrected chi connectivity index (χ3v) is 3.24. The van der Waals surface area contributed by atoms with Gasteiger partial charge in [-0.05, 0) is 31.4 Å². The maximum Gasteiger partial charge on any atom is 0.322 e. The molecule has 0 radical (unpaired) electrons. The lowest BCUT2D eigenvalue weighted by Gasteiger charge is -2.31. The van der Waals surface area contributed by atoms with E-state index >= 15 is 0 Å². The lowest BCUT2D eigenvalue weighted by Crippen LogP contribution is -2.45. The highest BCUT2D eigenvalue weighted by molar-refractivity contribution is 5.89. The molecule has 0 aliphatic carbocycles. The number of nitro benzene ring substituents is 1. The number of anilines is 1. The Morgan fingerprint density at radius 3 is 2.70 bits per heavy atom. The van der Waals surface area contributed by atoms with Crippen molar-refractivity contribution in [3.63, 3.8) is 0 Å². The van der Waals surface area contributed by atoms with Crippen LogP contribution in [0.3, 0.4) is 0 Å². The molecule has 0 bridgehead atoms. The maximum atomic E-state index is 12.1. The molecule has 2 amide bonds. The second-order valence-corrected chi connectivity index (χ2v) is 4.57. The summed E-state index contributed by atoms with van der Waals surface area (Å²) in [6.07, 6.45) is 2.51. The number of carbonyl (C=O) groups excluding carboxylic acids is 1. The van der Waals surface area contributed by atoms with E-state index in [1.54, 1.807) is 0 Å². The quantitative estimate of drug-likeness (QED) is 0.661. The van der Waals surface area contributed by atoms with E-state index in [0.717, 1.165) is 12.8 Å². The first kappa shape index (κ1) is 13.8. The Kier molecular flexibility index (Phi) is 4.15. The van der Waals surface area contributed by atoms with Crippen LogP contribution < -0.4 is 5.32 Å². The van der Waals surface area contributed by atoms with Crippen molar-refractivity contribution in [3.8, 4) is 6.07 Å². The predicted molar refractivity (Wildman–Crippen MR) is 72.1 cm³/mol. The van der Waals surface area contributed by atoms with Gasteiger partial charge in [-0.2, -0.15) is 5.26 Å². The van der Waals surface area contributed by atoms with Crippen LogP contribution in [-0.2, 0) is 0 Å². The number of urea groups is 1. The van der Waals surface area contributed by atoms with Crippen molar-refractivity contribution in [3.05, 3.63) is 34.4 Å². The zero-order valence-electron chi connectivity index (χ0n) is 10.8. The summed E-state index contributed by atoms with van der Waals surface area (Å²) in [7, 11) is 0. The molecule has 1 saturated heterocycles. The van der Waals surface area contributed by atoms with Gasteiger partial charge in [-0.1, -0.05) is 0 Å². The molecule has 1 fully saturated rings. The molecule has 1 atom stereocenters. The lowest BCUT2D eigenvalue weighted by atomic mass is 10.0. The molecule has 0 spiro atoms. The largest absolute Gasteiger partial charge is 0.322 e. The van der Waals surface area contributed by atoms with Crippen molar-refractivity contribution in [2.45, 2.75) is 25.3 Å². The van der Waals surface area contributed by atoms with Crippen LogP contribution in [0.5, 0.6) is 0 Å². The number of benzene rings is 1. The van der Waals surface area contributed by atoms with Crippen LogP contribution in [0.1, 0.15) is 19.3 Å². The van der Waals surface area contributed by atoms with Crippen LogP contribution in [0, 0.1) is 21.4 Å². The first-order valence-electron chi connectivity index (χ1n) is 6.33. The van der Waals surface area contributed by atoms with E-state index in [1.165, 1.54) is 29.2 Å².